The Morgan fingerprint density at radius 2 is 2.27 bits per heavy atom. The Morgan fingerprint density at radius 1 is 1.45 bits per heavy atom. The molecule has 7 heteroatoms. The van der Waals surface area contributed by atoms with Gasteiger partial charge in [0.1, 0.15) is 15.8 Å². The number of thiazole rings is 1. The number of anilines is 1. The van der Waals surface area contributed by atoms with Gasteiger partial charge in [-0.15, -0.1) is 0 Å². The first kappa shape index (κ1) is 15.8. The van der Waals surface area contributed by atoms with Crippen molar-refractivity contribution in [1.29, 1.82) is 5.26 Å². The van der Waals surface area contributed by atoms with E-state index in [9.17, 15) is 4.79 Å². The molecule has 0 spiro atoms. The average Bonchev–Trinajstić information content (AvgIpc) is 2.99. The quantitative estimate of drug-likeness (QED) is 0.466. The minimum Gasteiger partial charge on any atom is -0.496 e. The van der Waals surface area contributed by atoms with Gasteiger partial charge in [0.25, 0.3) is 0 Å². The zero-order valence-corrected chi connectivity index (χ0v) is 12.9. The van der Waals surface area contributed by atoms with Gasteiger partial charge < -0.3 is 15.4 Å². The van der Waals surface area contributed by atoms with Crippen molar-refractivity contribution in [3.8, 4) is 22.5 Å². The number of aromatic nitrogens is 1. The van der Waals surface area contributed by atoms with E-state index in [0.717, 1.165) is 16.3 Å². The third kappa shape index (κ3) is 4.20. The maximum absolute atomic E-state index is 11.8. The molecular weight excluding hydrogens is 300 g/mol. The number of benzene rings is 1. The van der Waals surface area contributed by atoms with Crippen molar-refractivity contribution in [2.75, 3.05) is 19.0 Å². The van der Waals surface area contributed by atoms with Crippen LogP contribution in [0, 0.1) is 11.5 Å². The molecule has 6 nitrogen and oxygen atoms in total. The van der Waals surface area contributed by atoms with E-state index < -0.39 is 0 Å². The third-order valence-electron chi connectivity index (χ3n) is 2.89. The molecule has 0 aliphatic carbocycles. The van der Waals surface area contributed by atoms with Crippen LogP contribution in [-0.4, -0.2) is 24.5 Å². The van der Waals surface area contributed by atoms with Crippen LogP contribution in [0.2, 0.25) is 0 Å². The number of hydrogen-bond donors (Lipinski definition) is 2. The highest BCUT2D eigenvalue weighted by atomic mass is 32.1. The van der Waals surface area contributed by atoms with Crippen LogP contribution in [0.25, 0.3) is 10.6 Å². The van der Waals surface area contributed by atoms with Gasteiger partial charge in [-0.2, -0.15) is 5.26 Å². The summed E-state index contributed by atoms with van der Waals surface area (Å²) in [5.74, 6) is 0.660. The van der Waals surface area contributed by atoms with Gasteiger partial charge in [0.2, 0.25) is 5.91 Å². The van der Waals surface area contributed by atoms with Crippen LogP contribution in [-0.2, 0) is 4.79 Å². The normalized spacial score (nSPS) is 9.82. The van der Waals surface area contributed by atoms with E-state index in [1.54, 1.807) is 13.3 Å². The fraction of sp³-hybridized carbons (Fsp3) is 0.267. The van der Waals surface area contributed by atoms with Crippen molar-refractivity contribution in [2.45, 2.75) is 12.8 Å². The van der Waals surface area contributed by atoms with E-state index in [1.807, 2.05) is 30.5 Å². The maximum atomic E-state index is 11.8. The molecule has 2 N–H and O–H groups in total. The standard InChI is InChI=1S/C15H16N4O2S/c1-21-12-6-3-2-5-11(12)15-18-9-14(22-15)19-13(20)7-4-8-17-10-16/h2-3,5-6,9,17H,4,7-8H2,1H3,(H,19,20). The van der Waals surface area contributed by atoms with Crippen LogP contribution >= 0.6 is 11.3 Å². The van der Waals surface area contributed by atoms with Crippen LogP contribution in [0.4, 0.5) is 5.00 Å². The van der Waals surface area contributed by atoms with Crippen molar-refractivity contribution < 1.29 is 9.53 Å². The highest BCUT2D eigenvalue weighted by Gasteiger charge is 2.11. The Bertz CT molecular complexity index is 678. The Balaban J connectivity index is 1.97. The average molecular weight is 316 g/mol. The molecule has 22 heavy (non-hydrogen) atoms. The number of methoxy groups -OCH3 is 1. The van der Waals surface area contributed by atoms with Gasteiger partial charge in [0, 0.05) is 13.0 Å². The zero-order valence-electron chi connectivity index (χ0n) is 12.1. The van der Waals surface area contributed by atoms with Crippen LogP contribution in [0.3, 0.4) is 0 Å². The summed E-state index contributed by atoms with van der Waals surface area (Å²) in [4.78, 5) is 16.1. The summed E-state index contributed by atoms with van der Waals surface area (Å²) in [6.45, 7) is 0.499. The molecule has 2 rings (SSSR count). The van der Waals surface area contributed by atoms with Crippen LogP contribution in [0.1, 0.15) is 12.8 Å². The second kappa shape index (κ2) is 8.00. The summed E-state index contributed by atoms with van der Waals surface area (Å²) >= 11 is 1.40. The molecule has 0 atom stereocenters. The Labute approximate surface area is 132 Å². The molecule has 0 unspecified atom stereocenters. The molecule has 2 aromatic rings. The van der Waals surface area contributed by atoms with Crippen LogP contribution in [0.5, 0.6) is 5.75 Å². The predicted molar refractivity (Wildman–Crippen MR) is 85.6 cm³/mol. The largest absolute Gasteiger partial charge is 0.496 e. The summed E-state index contributed by atoms with van der Waals surface area (Å²) in [5.41, 5.74) is 0.897. The van der Waals surface area contributed by atoms with Gasteiger partial charge in [0.15, 0.2) is 6.19 Å². The second-order valence-corrected chi connectivity index (χ2v) is 5.45. The van der Waals surface area contributed by atoms with Crippen LogP contribution < -0.4 is 15.4 Å². The number of nitrogens with zero attached hydrogens (tertiary/aromatic N) is 2. The molecule has 0 aliphatic heterocycles. The minimum atomic E-state index is -0.0880. The van der Waals surface area contributed by atoms with Crippen molar-refractivity contribution >= 4 is 22.2 Å². The minimum absolute atomic E-state index is 0.0880. The lowest BCUT2D eigenvalue weighted by molar-refractivity contribution is -0.116. The van der Waals surface area contributed by atoms with Crippen LogP contribution in [0.15, 0.2) is 30.5 Å². The highest BCUT2D eigenvalue weighted by molar-refractivity contribution is 7.19. The fourth-order valence-corrected chi connectivity index (χ4v) is 2.73. The Hall–Kier alpha value is -2.59. The topological polar surface area (TPSA) is 87.0 Å². The number of amides is 1. The molecule has 1 amide bonds. The monoisotopic (exact) mass is 316 g/mol. The third-order valence-corrected chi connectivity index (χ3v) is 3.84. The van der Waals surface area contributed by atoms with E-state index in [4.69, 9.17) is 10.00 Å². The lowest BCUT2D eigenvalue weighted by Gasteiger charge is -2.04. The number of rotatable bonds is 7. The summed E-state index contributed by atoms with van der Waals surface area (Å²) in [7, 11) is 1.62. The molecule has 1 aromatic carbocycles. The number of carbonyl (C=O) groups is 1. The lowest BCUT2D eigenvalue weighted by atomic mass is 10.2. The van der Waals surface area contributed by atoms with Crippen molar-refractivity contribution in [2.24, 2.45) is 0 Å². The molecular formula is C15H16N4O2S. The van der Waals surface area contributed by atoms with Gasteiger partial charge >= 0.3 is 0 Å². The summed E-state index contributed by atoms with van der Waals surface area (Å²) < 4.78 is 5.31. The molecule has 0 bridgehead atoms. The van der Waals surface area contributed by atoms with Crippen molar-refractivity contribution in [1.82, 2.24) is 10.3 Å². The Kier molecular flexibility index (Phi) is 5.74. The molecule has 0 aliphatic rings. The van der Waals surface area contributed by atoms with E-state index in [2.05, 4.69) is 15.6 Å². The van der Waals surface area contributed by atoms with Gasteiger partial charge in [-0.3, -0.25) is 4.79 Å². The van der Waals surface area contributed by atoms with Gasteiger partial charge in [-0.05, 0) is 18.6 Å². The molecule has 0 radical (unpaired) electrons. The summed E-state index contributed by atoms with van der Waals surface area (Å²) in [6, 6.07) is 7.61. The number of carbonyl (C=O) groups excluding carboxylic acids is 1. The summed E-state index contributed by atoms with van der Waals surface area (Å²) in [5, 5.41) is 15.1. The molecule has 114 valence electrons. The number of hydrogen-bond acceptors (Lipinski definition) is 6. The Morgan fingerprint density at radius 3 is 3.05 bits per heavy atom. The van der Waals surface area contributed by atoms with E-state index in [-0.39, 0.29) is 5.91 Å². The maximum Gasteiger partial charge on any atom is 0.225 e. The SMILES string of the molecule is COc1ccccc1-c1ncc(NC(=O)CCCNC#N)s1. The van der Waals surface area contributed by atoms with E-state index >= 15 is 0 Å². The molecule has 1 aromatic heterocycles. The van der Waals surface area contributed by atoms with Gasteiger partial charge in [0.05, 0.1) is 18.9 Å². The van der Waals surface area contributed by atoms with Crippen molar-refractivity contribution in [3.05, 3.63) is 30.5 Å². The highest BCUT2D eigenvalue weighted by Crippen LogP contribution is 2.34. The van der Waals surface area contributed by atoms with Gasteiger partial charge in [-0.25, -0.2) is 4.98 Å². The number of nitrogens with one attached hydrogen (secondary N) is 2. The number of ether oxygens (including phenoxy) is 1. The number of para-hydroxylation sites is 1. The smallest absolute Gasteiger partial charge is 0.225 e. The molecule has 0 fully saturated rings. The predicted octanol–water partition coefficient (Wildman–Crippen LogP) is 2.61. The molecule has 1 heterocycles. The fourth-order valence-electron chi connectivity index (χ4n) is 1.87. The zero-order chi connectivity index (χ0) is 15.8. The first-order valence-electron chi connectivity index (χ1n) is 6.75. The lowest BCUT2D eigenvalue weighted by Crippen LogP contribution is -2.14. The number of nitriles is 1. The first-order chi connectivity index (χ1) is 10.7. The summed E-state index contributed by atoms with van der Waals surface area (Å²) in [6.07, 6.45) is 4.43. The first-order valence-corrected chi connectivity index (χ1v) is 7.57. The molecule has 0 saturated heterocycles. The molecule has 0 saturated carbocycles. The van der Waals surface area contributed by atoms with E-state index in [1.165, 1.54) is 11.3 Å². The van der Waals surface area contributed by atoms with E-state index in [0.29, 0.717) is 24.4 Å². The van der Waals surface area contributed by atoms with Gasteiger partial charge in [-0.1, -0.05) is 23.5 Å². The second-order valence-electron chi connectivity index (χ2n) is 4.42. The van der Waals surface area contributed by atoms with Crippen molar-refractivity contribution in [3.63, 3.8) is 0 Å².